The second-order valence-corrected chi connectivity index (χ2v) is 6.52. The van der Waals surface area contributed by atoms with E-state index < -0.39 is 6.61 Å². The van der Waals surface area contributed by atoms with E-state index in [1.807, 2.05) is 0 Å². The van der Waals surface area contributed by atoms with Crippen molar-refractivity contribution in [2.24, 2.45) is 5.92 Å². The summed E-state index contributed by atoms with van der Waals surface area (Å²) < 4.78 is 28.6. The molecule has 1 fully saturated rings. The van der Waals surface area contributed by atoms with E-state index in [2.05, 4.69) is 10.1 Å². The molecule has 0 heterocycles. The first-order valence-electron chi connectivity index (χ1n) is 8.62. The van der Waals surface area contributed by atoms with Crippen LogP contribution in [0.2, 0.25) is 0 Å². The minimum Gasteiger partial charge on any atom is -0.435 e. The second-order valence-electron chi connectivity index (χ2n) is 6.52. The Labute approximate surface area is 155 Å². The number of nitrogens with one attached hydrogen (secondary N) is 1. The minimum atomic E-state index is -2.86. The number of hydrogen-bond donors (Lipinski definition) is 1. The van der Waals surface area contributed by atoms with Crippen molar-refractivity contribution in [3.8, 4) is 5.75 Å². The van der Waals surface area contributed by atoms with E-state index in [4.69, 9.17) is 0 Å². The molecule has 0 aliphatic heterocycles. The van der Waals surface area contributed by atoms with E-state index in [0.29, 0.717) is 17.8 Å². The highest BCUT2D eigenvalue weighted by Gasteiger charge is 2.29. The Bertz CT molecular complexity index is 803. The zero-order chi connectivity index (χ0) is 19.4. The largest absolute Gasteiger partial charge is 0.435 e. The third-order valence-electron chi connectivity index (χ3n) is 4.26. The number of halogens is 2. The molecule has 1 saturated carbocycles. The van der Waals surface area contributed by atoms with Crippen molar-refractivity contribution >= 4 is 17.5 Å². The Morgan fingerprint density at radius 2 is 1.74 bits per heavy atom. The first kappa shape index (κ1) is 18.8. The van der Waals surface area contributed by atoms with Gasteiger partial charge in [0.2, 0.25) is 5.91 Å². The van der Waals surface area contributed by atoms with Gasteiger partial charge in [-0.25, -0.2) is 0 Å². The maximum Gasteiger partial charge on any atom is 0.387 e. The molecule has 0 aromatic heterocycles. The number of nitrogens with zero attached hydrogens (tertiary/aromatic N) is 1. The second kappa shape index (κ2) is 8.16. The number of alkyl halides is 2. The third-order valence-corrected chi connectivity index (χ3v) is 4.26. The predicted octanol–water partition coefficient (Wildman–Crippen LogP) is 3.91. The van der Waals surface area contributed by atoms with Gasteiger partial charge >= 0.3 is 6.61 Å². The van der Waals surface area contributed by atoms with Crippen LogP contribution in [-0.4, -0.2) is 30.4 Å². The molecule has 0 bridgehead atoms. The molecule has 27 heavy (non-hydrogen) atoms. The summed E-state index contributed by atoms with van der Waals surface area (Å²) in [6, 6.07) is 12.9. The molecule has 1 N–H and O–H groups in total. The van der Waals surface area contributed by atoms with Crippen LogP contribution in [0.3, 0.4) is 0 Å². The zero-order valence-corrected chi connectivity index (χ0v) is 14.8. The highest BCUT2D eigenvalue weighted by atomic mass is 19.3. The lowest BCUT2D eigenvalue weighted by atomic mass is 10.1. The van der Waals surface area contributed by atoms with Gasteiger partial charge in [0.1, 0.15) is 5.75 Å². The van der Waals surface area contributed by atoms with Gasteiger partial charge in [-0.05, 0) is 54.8 Å². The molecule has 0 atom stereocenters. The number of carbonyl (C=O) groups excluding carboxylic acids is 2. The van der Waals surface area contributed by atoms with Gasteiger partial charge < -0.3 is 15.0 Å². The number of rotatable bonds is 7. The van der Waals surface area contributed by atoms with Crippen LogP contribution in [0.5, 0.6) is 5.75 Å². The van der Waals surface area contributed by atoms with Crippen molar-refractivity contribution in [2.75, 3.05) is 12.4 Å². The van der Waals surface area contributed by atoms with Crippen LogP contribution in [0.4, 0.5) is 14.5 Å². The average molecular weight is 374 g/mol. The van der Waals surface area contributed by atoms with Crippen LogP contribution >= 0.6 is 0 Å². The number of amides is 2. The minimum absolute atomic E-state index is 0.0189. The van der Waals surface area contributed by atoms with Crippen LogP contribution < -0.4 is 10.1 Å². The number of benzene rings is 2. The van der Waals surface area contributed by atoms with Gasteiger partial charge in [-0.1, -0.05) is 12.1 Å². The monoisotopic (exact) mass is 374 g/mol. The molecule has 5 nitrogen and oxygen atoms in total. The average Bonchev–Trinajstić information content (AvgIpc) is 3.48. The Morgan fingerprint density at radius 1 is 1.11 bits per heavy atom. The van der Waals surface area contributed by atoms with Gasteiger partial charge in [0.15, 0.2) is 0 Å². The summed E-state index contributed by atoms with van der Waals surface area (Å²) in [6.45, 7) is -2.54. The number of carbonyl (C=O) groups is 2. The van der Waals surface area contributed by atoms with Crippen molar-refractivity contribution in [1.82, 2.24) is 4.90 Å². The predicted molar refractivity (Wildman–Crippen MR) is 96.7 cm³/mol. The summed E-state index contributed by atoms with van der Waals surface area (Å²) in [4.78, 5) is 25.8. The van der Waals surface area contributed by atoms with Crippen molar-refractivity contribution < 1.29 is 23.1 Å². The Hall–Kier alpha value is -2.96. The van der Waals surface area contributed by atoms with Crippen LogP contribution in [0.25, 0.3) is 0 Å². The molecule has 7 heteroatoms. The molecule has 0 radical (unpaired) electrons. The molecule has 142 valence electrons. The van der Waals surface area contributed by atoms with Crippen molar-refractivity contribution in [1.29, 1.82) is 0 Å². The molecule has 0 unspecified atom stereocenters. The SMILES string of the molecule is CN(Cc1ccc(OC(F)F)cc1)C(=O)c1ccc(NC(=O)C2CC2)cc1. The summed E-state index contributed by atoms with van der Waals surface area (Å²) in [5, 5.41) is 2.83. The molecule has 0 spiro atoms. The molecule has 0 saturated heterocycles. The van der Waals surface area contributed by atoms with Gasteiger partial charge in [0.05, 0.1) is 0 Å². The maximum absolute atomic E-state index is 12.5. The lowest BCUT2D eigenvalue weighted by Crippen LogP contribution is -2.26. The van der Waals surface area contributed by atoms with E-state index in [1.54, 1.807) is 43.4 Å². The fraction of sp³-hybridized carbons (Fsp3) is 0.300. The fourth-order valence-corrected chi connectivity index (χ4v) is 2.63. The van der Waals surface area contributed by atoms with E-state index in [9.17, 15) is 18.4 Å². The number of ether oxygens (including phenoxy) is 1. The molecule has 2 aromatic carbocycles. The van der Waals surface area contributed by atoms with Gasteiger partial charge in [-0.3, -0.25) is 9.59 Å². The Morgan fingerprint density at radius 3 is 2.30 bits per heavy atom. The van der Waals surface area contributed by atoms with Crippen LogP contribution in [-0.2, 0) is 11.3 Å². The molecular formula is C20H20F2N2O3. The van der Waals surface area contributed by atoms with Crippen LogP contribution in [0.15, 0.2) is 48.5 Å². The van der Waals surface area contributed by atoms with Crippen molar-refractivity contribution in [2.45, 2.75) is 26.0 Å². The normalized spacial score (nSPS) is 13.3. The van der Waals surface area contributed by atoms with Crippen LogP contribution in [0.1, 0.15) is 28.8 Å². The molecule has 1 aliphatic carbocycles. The van der Waals surface area contributed by atoms with Gasteiger partial charge in [-0.2, -0.15) is 8.78 Å². The van der Waals surface area contributed by atoms with Crippen LogP contribution in [0, 0.1) is 5.92 Å². The third kappa shape index (κ3) is 5.26. The highest BCUT2D eigenvalue weighted by Crippen LogP contribution is 2.30. The first-order chi connectivity index (χ1) is 12.9. The summed E-state index contributed by atoms with van der Waals surface area (Å²) in [5.74, 6) is 0.0370. The van der Waals surface area contributed by atoms with Gasteiger partial charge in [0.25, 0.3) is 5.91 Å². The summed E-state index contributed by atoms with van der Waals surface area (Å²) in [6.07, 6.45) is 1.87. The number of anilines is 1. The molecule has 3 rings (SSSR count). The van der Waals surface area contributed by atoms with E-state index in [0.717, 1.165) is 18.4 Å². The van der Waals surface area contributed by atoms with E-state index in [-0.39, 0.29) is 23.5 Å². The quantitative estimate of drug-likeness (QED) is 0.799. The maximum atomic E-state index is 12.5. The summed E-state index contributed by atoms with van der Waals surface area (Å²) in [7, 11) is 1.66. The van der Waals surface area contributed by atoms with Gasteiger partial charge in [-0.15, -0.1) is 0 Å². The first-order valence-corrected chi connectivity index (χ1v) is 8.62. The Kier molecular flexibility index (Phi) is 5.69. The smallest absolute Gasteiger partial charge is 0.387 e. The molecular weight excluding hydrogens is 354 g/mol. The molecule has 1 aliphatic rings. The molecule has 2 amide bonds. The van der Waals surface area contributed by atoms with Gasteiger partial charge in [0, 0.05) is 30.8 Å². The van der Waals surface area contributed by atoms with Crippen molar-refractivity contribution in [3.63, 3.8) is 0 Å². The Balaban J connectivity index is 1.56. The zero-order valence-electron chi connectivity index (χ0n) is 14.8. The lowest BCUT2D eigenvalue weighted by Gasteiger charge is -2.18. The standard InChI is InChI=1S/C20H20F2N2O3/c1-24(12-13-2-10-17(11-3-13)27-20(21)22)19(26)15-6-8-16(9-7-15)23-18(25)14-4-5-14/h2-3,6-11,14,20H,4-5,12H2,1H3,(H,23,25). The van der Waals surface area contributed by atoms with Crippen molar-refractivity contribution in [3.05, 3.63) is 59.7 Å². The number of hydrogen-bond acceptors (Lipinski definition) is 3. The fourth-order valence-electron chi connectivity index (χ4n) is 2.63. The van der Waals surface area contributed by atoms with E-state index in [1.165, 1.54) is 17.0 Å². The lowest BCUT2D eigenvalue weighted by molar-refractivity contribution is -0.117. The summed E-state index contributed by atoms with van der Waals surface area (Å²) >= 11 is 0. The van der Waals surface area contributed by atoms with E-state index >= 15 is 0 Å². The highest BCUT2D eigenvalue weighted by molar-refractivity contribution is 5.96. The molecule has 2 aromatic rings. The summed E-state index contributed by atoms with van der Waals surface area (Å²) in [5.41, 5.74) is 1.96. The topological polar surface area (TPSA) is 58.6 Å².